The van der Waals surface area contributed by atoms with Crippen molar-refractivity contribution in [3.63, 3.8) is 0 Å². The average Bonchev–Trinajstić information content (AvgIpc) is 2.72. The SMILES string of the molecule is COc1cc(CC(=O)NCCc2cc(F)cc3c2OCOC3)cc(OC)c1OC. The van der Waals surface area contributed by atoms with E-state index in [1.807, 2.05) is 0 Å². The van der Waals surface area contributed by atoms with Crippen LogP contribution in [-0.2, 0) is 29.0 Å². The van der Waals surface area contributed by atoms with Crippen LogP contribution in [0.15, 0.2) is 24.3 Å². The van der Waals surface area contributed by atoms with Crippen LogP contribution < -0.4 is 24.3 Å². The van der Waals surface area contributed by atoms with E-state index in [2.05, 4.69) is 5.32 Å². The molecule has 0 spiro atoms. The first-order valence-electron chi connectivity index (χ1n) is 9.13. The van der Waals surface area contributed by atoms with E-state index in [0.717, 1.165) is 5.56 Å². The molecule has 2 aromatic rings. The normalized spacial score (nSPS) is 12.6. The van der Waals surface area contributed by atoms with E-state index in [1.165, 1.54) is 33.5 Å². The molecule has 1 N–H and O–H groups in total. The van der Waals surface area contributed by atoms with Gasteiger partial charge in [0.15, 0.2) is 18.3 Å². The van der Waals surface area contributed by atoms with Gasteiger partial charge in [-0.2, -0.15) is 0 Å². The van der Waals surface area contributed by atoms with Crippen molar-refractivity contribution in [2.45, 2.75) is 19.4 Å². The first-order chi connectivity index (χ1) is 14.0. The second-order valence-electron chi connectivity index (χ2n) is 6.47. The molecular formula is C21H24FNO6. The predicted molar refractivity (Wildman–Crippen MR) is 103 cm³/mol. The summed E-state index contributed by atoms with van der Waals surface area (Å²) in [5, 5.41) is 2.85. The summed E-state index contributed by atoms with van der Waals surface area (Å²) in [7, 11) is 4.57. The van der Waals surface area contributed by atoms with Crippen molar-refractivity contribution in [1.29, 1.82) is 0 Å². The van der Waals surface area contributed by atoms with Gasteiger partial charge in [-0.3, -0.25) is 4.79 Å². The predicted octanol–water partition coefficient (Wildman–Crippen LogP) is 2.62. The Morgan fingerprint density at radius 3 is 2.48 bits per heavy atom. The van der Waals surface area contributed by atoms with Gasteiger partial charge in [0.25, 0.3) is 0 Å². The van der Waals surface area contributed by atoms with Gasteiger partial charge in [-0.15, -0.1) is 0 Å². The second-order valence-corrected chi connectivity index (χ2v) is 6.47. The number of benzene rings is 2. The Morgan fingerprint density at radius 2 is 1.83 bits per heavy atom. The molecule has 1 amide bonds. The molecule has 0 fully saturated rings. The molecule has 3 rings (SSSR count). The van der Waals surface area contributed by atoms with Gasteiger partial charge in [0.05, 0.1) is 34.4 Å². The number of amides is 1. The highest BCUT2D eigenvalue weighted by atomic mass is 19.1. The fourth-order valence-electron chi connectivity index (χ4n) is 3.26. The van der Waals surface area contributed by atoms with Crippen molar-refractivity contribution < 1.29 is 32.9 Å². The minimum Gasteiger partial charge on any atom is -0.493 e. The number of ether oxygens (including phenoxy) is 5. The highest BCUT2D eigenvalue weighted by molar-refractivity contribution is 5.79. The number of fused-ring (bicyclic) bond motifs is 1. The number of hydrogen-bond donors (Lipinski definition) is 1. The van der Waals surface area contributed by atoms with Crippen molar-refractivity contribution in [1.82, 2.24) is 5.32 Å². The lowest BCUT2D eigenvalue weighted by Crippen LogP contribution is -2.27. The molecule has 0 saturated carbocycles. The molecule has 0 radical (unpaired) electrons. The molecule has 0 aromatic heterocycles. The molecule has 8 heteroatoms. The van der Waals surface area contributed by atoms with E-state index in [4.69, 9.17) is 23.7 Å². The lowest BCUT2D eigenvalue weighted by atomic mass is 10.1. The zero-order chi connectivity index (χ0) is 20.8. The van der Waals surface area contributed by atoms with Crippen molar-refractivity contribution in [3.8, 4) is 23.0 Å². The standard InChI is InChI=1S/C21H24FNO6/c1-25-17-6-13(7-18(26-2)21(17)27-3)8-19(24)23-5-4-14-9-16(22)10-15-11-28-12-29-20(14)15/h6-7,9-10H,4-5,8,11-12H2,1-3H3,(H,23,24). The molecule has 1 aliphatic rings. The number of carbonyl (C=O) groups excluding carboxylic acids is 1. The van der Waals surface area contributed by atoms with E-state index < -0.39 is 0 Å². The second kappa shape index (κ2) is 9.47. The summed E-state index contributed by atoms with van der Waals surface area (Å²) in [6.07, 6.45) is 0.587. The van der Waals surface area contributed by atoms with Gasteiger partial charge in [0.1, 0.15) is 11.6 Å². The molecule has 1 heterocycles. The fraction of sp³-hybridized carbons (Fsp3) is 0.381. The zero-order valence-corrected chi connectivity index (χ0v) is 16.7. The third-order valence-corrected chi connectivity index (χ3v) is 4.56. The molecule has 29 heavy (non-hydrogen) atoms. The van der Waals surface area contributed by atoms with Gasteiger partial charge >= 0.3 is 0 Å². The van der Waals surface area contributed by atoms with Crippen molar-refractivity contribution in [2.24, 2.45) is 0 Å². The number of carbonyl (C=O) groups is 1. The Bertz CT molecular complexity index is 861. The molecule has 0 bridgehead atoms. The highest BCUT2D eigenvalue weighted by Gasteiger charge is 2.18. The molecular weight excluding hydrogens is 381 g/mol. The molecule has 2 aromatic carbocycles. The van der Waals surface area contributed by atoms with E-state index in [-0.39, 0.29) is 24.9 Å². The minimum absolute atomic E-state index is 0.138. The first kappa shape index (κ1) is 20.7. The Kier molecular flexibility index (Phi) is 6.77. The smallest absolute Gasteiger partial charge is 0.224 e. The van der Waals surface area contributed by atoms with E-state index in [1.54, 1.807) is 12.1 Å². The summed E-state index contributed by atoms with van der Waals surface area (Å²) in [5.74, 6) is 1.56. The van der Waals surface area contributed by atoms with Crippen LogP contribution in [0.2, 0.25) is 0 Å². The maximum atomic E-state index is 13.8. The molecule has 7 nitrogen and oxygen atoms in total. The van der Waals surface area contributed by atoms with Crippen LogP contribution in [-0.4, -0.2) is 40.6 Å². The van der Waals surface area contributed by atoms with E-state index in [0.29, 0.717) is 53.7 Å². The third kappa shape index (κ3) is 4.89. The van der Waals surface area contributed by atoms with Crippen LogP contribution >= 0.6 is 0 Å². The molecule has 0 unspecified atom stereocenters. The van der Waals surface area contributed by atoms with Gasteiger partial charge in [-0.05, 0) is 41.8 Å². The van der Waals surface area contributed by atoms with Gasteiger partial charge in [-0.25, -0.2) is 4.39 Å². The maximum Gasteiger partial charge on any atom is 0.224 e. The van der Waals surface area contributed by atoms with Crippen molar-refractivity contribution in [2.75, 3.05) is 34.7 Å². The van der Waals surface area contributed by atoms with Crippen LogP contribution in [0.4, 0.5) is 4.39 Å². The summed E-state index contributed by atoms with van der Waals surface area (Å²) in [4.78, 5) is 12.4. The topological polar surface area (TPSA) is 75.3 Å². The zero-order valence-electron chi connectivity index (χ0n) is 16.7. The molecule has 0 atom stereocenters. The van der Waals surface area contributed by atoms with E-state index >= 15 is 0 Å². The molecule has 0 saturated heterocycles. The summed E-state index contributed by atoms with van der Waals surface area (Å²) in [5.41, 5.74) is 2.10. The monoisotopic (exact) mass is 405 g/mol. The maximum absolute atomic E-state index is 13.8. The summed E-state index contributed by atoms with van der Waals surface area (Å²) in [6.45, 7) is 0.802. The first-order valence-corrected chi connectivity index (χ1v) is 9.13. The largest absolute Gasteiger partial charge is 0.493 e. The van der Waals surface area contributed by atoms with Gasteiger partial charge in [0, 0.05) is 12.1 Å². The lowest BCUT2D eigenvalue weighted by Gasteiger charge is -2.21. The van der Waals surface area contributed by atoms with Crippen LogP contribution in [0, 0.1) is 5.82 Å². The minimum atomic E-state index is -0.350. The number of hydrogen-bond acceptors (Lipinski definition) is 6. The van der Waals surface area contributed by atoms with Crippen LogP contribution in [0.5, 0.6) is 23.0 Å². The van der Waals surface area contributed by atoms with Crippen LogP contribution in [0.1, 0.15) is 16.7 Å². The van der Waals surface area contributed by atoms with Gasteiger partial charge in [-0.1, -0.05) is 0 Å². The van der Waals surface area contributed by atoms with Gasteiger partial charge < -0.3 is 29.0 Å². The lowest BCUT2D eigenvalue weighted by molar-refractivity contribution is -0.120. The summed E-state index contributed by atoms with van der Waals surface area (Å²) < 4.78 is 40.4. The van der Waals surface area contributed by atoms with Gasteiger partial charge in [0.2, 0.25) is 11.7 Å². The summed E-state index contributed by atoms with van der Waals surface area (Å²) >= 11 is 0. The Labute approximate surface area is 168 Å². The molecule has 156 valence electrons. The van der Waals surface area contributed by atoms with E-state index in [9.17, 15) is 9.18 Å². The highest BCUT2D eigenvalue weighted by Crippen LogP contribution is 2.38. The van der Waals surface area contributed by atoms with Crippen LogP contribution in [0.3, 0.4) is 0 Å². The van der Waals surface area contributed by atoms with Crippen LogP contribution in [0.25, 0.3) is 0 Å². The fourth-order valence-corrected chi connectivity index (χ4v) is 3.26. The van der Waals surface area contributed by atoms with Crippen molar-refractivity contribution in [3.05, 3.63) is 46.8 Å². The summed E-state index contributed by atoms with van der Waals surface area (Å²) in [6, 6.07) is 6.30. The number of nitrogens with one attached hydrogen (secondary N) is 1. The third-order valence-electron chi connectivity index (χ3n) is 4.56. The Hall–Kier alpha value is -3.00. The average molecular weight is 405 g/mol. The molecule has 1 aliphatic heterocycles. The Balaban J connectivity index is 1.62. The number of halogens is 1. The Morgan fingerprint density at radius 1 is 1.10 bits per heavy atom. The van der Waals surface area contributed by atoms with Crippen molar-refractivity contribution >= 4 is 5.91 Å². The quantitative estimate of drug-likeness (QED) is 0.728. The number of methoxy groups -OCH3 is 3. The number of rotatable bonds is 8. The molecule has 0 aliphatic carbocycles.